The second-order valence-electron chi connectivity index (χ2n) is 13.7. The van der Waals surface area contributed by atoms with E-state index in [2.05, 4.69) is 40.5 Å². The number of aromatic nitrogens is 8. The number of rotatable bonds is 13. The summed E-state index contributed by atoms with van der Waals surface area (Å²) in [5.74, 6) is -1.92. The minimum Gasteiger partial charge on any atom is -0.396 e. The molecule has 21 nitrogen and oxygen atoms in total. The average molecular weight is 799 g/mol. The van der Waals surface area contributed by atoms with Crippen LogP contribution in [0.15, 0.2) is 54.1 Å². The Morgan fingerprint density at radius 2 is 1.80 bits per heavy atom. The highest BCUT2D eigenvalue weighted by Gasteiger charge is 2.62. The number of fused-ring (bicyclic) bond motifs is 4. The summed E-state index contributed by atoms with van der Waals surface area (Å²) in [6, 6.07) is 8.57. The molecule has 23 heteroatoms. The summed E-state index contributed by atoms with van der Waals surface area (Å²) in [7, 11) is -2.88. The first-order chi connectivity index (χ1) is 27.0. The fourth-order valence-electron chi connectivity index (χ4n) is 6.95. The number of imidazole rings is 2. The number of amides is 2. The van der Waals surface area contributed by atoms with Crippen LogP contribution in [-0.4, -0.2) is 122 Å². The van der Waals surface area contributed by atoms with Crippen molar-refractivity contribution in [3.05, 3.63) is 65.2 Å². The molecule has 3 saturated heterocycles. The second kappa shape index (κ2) is 15.2. The number of carbonyl (C=O) groups is 2. The summed E-state index contributed by atoms with van der Waals surface area (Å²) in [6.45, 7) is 1.76. The topological polar surface area (TPSA) is 272 Å². The molecule has 8 rings (SSSR count). The first-order valence-electron chi connectivity index (χ1n) is 17.4. The van der Waals surface area contributed by atoms with Crippen LogP contribution in [0.4, 0.5) is 16.2 Å². The van der Waals surface area contributed by atoms with Crippen LogP contribution in [0.2, 0.25) is 0 Å². The van der Waals surface area contributed by atoms with E-state index < -0.39 is 93.6 Å². The molecule has 296 valence electrons. The Kier molecular flexibility index (Phi) is 10.3. The van der Waals surface area contributed by atoms with E-state index in [4.69, 9.17) is 23.3 Å². The van der Waals surface area contributed by atoms with Gasteiger partial charge in [0.15, 0.2) is 46.8 Å². The van der Waals surface area contributed by atoms with Crippen molar-refractivity contribution in [2.24, 2.45) is 11.8 Å². The predicted octanol–water partition coefficient (Wildman–Crippen LogP) is 0.930. The number of hydrogen-bond donors (Lipinski definition) is 6. The van der Waals surface area contributed by atoms with E-state index in [0.717, 1.165) is 6.33 Å². The van der Waals surface area contributed by atoms with E-state index in [1.807, 2.05) is 0 Å². The molecule has 3 aliphatic rings. The fraction of sp³-hybridized carbons (Fsp3) is 0.455. The lowest BCUT2D eigenvalue weighted by molar-refractivity contribution is -0.182. The molecule has 2 bridgehead atoms. The molecule has 0 aliphatic carbocycles. The van der Waals surface area contributed by atoms with Gasteiger partial charge < -0.3 is 43.7 Å². The molecule has 4 aromatic heterocycles. The first-order valence-corrected chi connectivity index (χ1v) is 18.6. The van der Waals surface area contributed by atoms with Crippen LogP contribution in [0.1, 0.15) is 36.7 Å². The predicted molar refractivity (Wildman–Crippen MR) is 190 cm³/mol. The van der Waals surface area contributed by atoms with Crippen LogP contribution in [0.3, 0.4) is 0 Å². The number of anilines is 2. The Balaban J connectivity index is 0.987. The lowest BCUT2D eigenvalue weighted by Crippen LogP contribution is -2.43. The monoisotopic (exact) mass is 798 g/mol. The Bertz CT molecular complexity index is 2310. The van der Waals surface area contributed by atoms with E-state index in [1.165, 1.54) is 17.2 Å². The highest BCUT2D eigenvalue weighted by molar-refractivity contribution is 7.40. The van der Waals surface area contributed by atoms with Crippen LogP contribution < -0.4 is 16.2 Å². The zero-order valence-corrected chi connectivity index (χ0v) is 30.5. The van der Waals surface area contributed by atoms with E-state index >= 15 is 4.39 Å². The molecule has 3 fully saturated rings. The van der Waals surface area contributed by atoms with Gasteiger partial charge in [0.25, 0.3) is 11.5 Å². The largest absolute Gasteiger partial charge is 0.396 e. The number of ether oxygens (including phenoxy) is 3. The van der Waals surface area contributed by atoms with Crippen molar-refractivity contribution < 1.29 is 52.3 Å². The third-order valence-electron chi connectivity index (χ3n) is 9.87. The number of alkyl halides is 1. The molecule has 3 aliphatic heterocycles. The Labute approximate surface area is 316 Å². The number of hydrogen-bond acceptors (Lipinski definition) is 16. The maximum Gasteiger partial charge on any atom is 0.330 e. The Morgan fingerprint density at radius 1 is 1.05 bits per heavy atom. The molecular weight excluding hydrogens is 762 g/mol. The highest BCUT2D eigenvalue weighted by atomic mass is 31.2. The number of benzene rings is 1. The first kappa shape index (κ1) is 38.0. The van der Waals surface area contributed by atoms with Gasteiger partial charge in [-0.15, -0.1) is 0 Å². The molecule has 6 N–H and O–H groups in total. The van der Waals surface area contributed by atoms with Gasteiger partial charge in [-0.3, -0.25) is 33.8 Å². The van der Waals surface area contributed by atoms with Gasteiger partial charge in [0.2, 0.25) is 11.9 Å². The van der Waals surface area contributed by atoms with Crippen LogP contribution in [-0.2, 0) is 28.1 Å². The van der Waals surface area contributed by atoms with Crippen LogP contribution in [0.25, 0.3) is 22.3 Å². The summed E-state index contributed by atoms with van der Waals surface area (Å²) in [4.78, 5) is 72.7. The van der Waals surface area contributed by atoms with Crippen molar-refractivity contribution in [1.82, 2.24) is 39.0 Å². The average Bonchev–Trinajstić information content (AvgIpc) is 4.02. The Morgan fingerprint density at radius 3 is 2.54 bits per heavy atom. The van der Waals surface area contributed by atoms with Gasteiger partial charge in [0.05, 0.1) is 39.1 Å². The standard InChI is InChI=1S/C33H36FN10O11P/c1-15(2)27(47)41-32-40-26-21(29(49)42-32)38-14-44(26)30-23(19(34)18(9-46)53-30)55-56(50)52-11-33-10-51-22(17(33)8-45)31(54-33)43-13-37-20-24(35-12-36-25(20)43)39-28(48)16-6-4-3-5-7-16/h3-7,12-15,17-19,22-23,30-31,45-46,50H,8-11H2,1-2H3,(H,35,36,39,48)(H2,40,41,42,47,49)/t17-,18+,19-,22+,23+,30+,31+,33+,56?/m0/s1. The smallest absolute Gasteiger partial charge is 0.330 e. The molecule has 0 saturated carbocycles. The molecule has 1 unspecified atom stereocenters. The number of aromatic amines is 1. The number of halogens is 1. The minimum absolute atomic E-state index is 0.0347. The molecule has 0 radical (unpaired) electrons. The number of aliphatic hydroxyl groups is 2. The molecule has 7 heterocycles. The zero-order chi connectivity index (χ0) is 39.3. The lowest BCUT2D eigenvalue weighted by atomic mass is 9.90. The van der Waals surface area contributed by atoms with E-state index in [-0.39, 0.29) is 41.7 Å². The zero-order valence-electron chi connectivity index (χ0n) is 29.6. The number of carbonyl (C=O) groups excluding carboxylic acids is 2. The number of aliphatic hydroxyl groups excluding tert-OH is 2. The van der Waals surface area contributed by atoms with Crippen molar-refractivity contribution in [3.63, 3.8) is 0 Å². The maximum atomic E-state index is 15.7. The van der Waals surface area contributed by atoms with E-state index in [1.54, 1.807) is 48.7 Å². The van der Waals surface area contributed by atoms with Gasteiger partial charge in [-0.25, -0.2) is 24.3 Å². The van der Waals surface area contributed by atoms with Crippen LogP contribution in [0.5, 0.6) is 0 Å². The molecule has 9 atom stereocenters. The quantitative estimate of drug-likeness (QED) is 0.0905. The molecule has 2 amide bonds. The fourth-order valence-corrected chi connectivity index (χ4v) is 7.77. The van der Waals surface area contributed by atoms with Crippen molar-refractivity contribution in [2.75, 3.05) is 37.1 Å². The summed E-state index contributed by atoms with van der Waals surface area (Å²) in [6.07, 6.45) is -4.10. The van der Waals surface area contributed by atoms with Gasteiger partial charge in [-0.2, -0.15) is 4.98 Å². The molecule has 1 aromatic carbocycles. The van der Waals surface area contributed by atoms with Crippen molar-refractivity contribution >= 4 is 54.5 Å². The second-order valence-corrected chi connectivity index (χ2v) is 14.6. The van der Waals surface area contributed by atoms with Gasteiger partial charge in [0, 0.05) is 17.4 Å². The van der Waals surface area contributed by atoms with Crippen molar-refractivity contribution in [1.29, 1.82) is 0 Å². The number of H-pyrrole nitrogens is 1. The lowest BCUT2D eigenvalue weighted by Gasteiger charge is -2.32. The van der Waals surface area contributed by atoms with Gasteiger partial charge in [-0.05, 0) is 12.1 Å². The van der Waals surface area contributed by atoms with Crippen LogP contribution in [0, 0.1) is 11.8 Å². The molecule has 56 heavy (non-hydrogen) atoms. The summed E-state index contributed by atoms with van der Waals surface area (Å²) in [5, 5.41) is 25.6. The maximum absolute atomic E-state index is 15.7. The summed E-state index contributed by atoms with van der Waals surface area (Å²) >= 11 is 0. The van der Waals surface area contributed by atoms with Crippen molar-refractivity contribution in [2.45, 2.75) is 56.4 Å². The highest BCUT2D eigenvalue weighted by Crippen LogP contribution is 2.52. The van der Waals surface area contributed by atoms with Gasteiger partial charge in [0.1, 0.15) is 30.2 Å². The van der Waals surface area contributed by atoms with Gasteiger partial charge in [-0.1, -0.05) is 32.0 Å². The summed E-state index contributed by atoms with van der Waals surface area (Å²) < 4.78 is 48.2. The normalized spacial score (nSPS) is 27.7. The Hall–Kier alpha value is -4.90. The third-order valence-corrected chi connectivity index (χ3v) is 10.6. The van der Waals surface area contributed by atoms with Crippen molar-refractivity contribution in [3.8, 4) is 0 Å². The van der Waals surface area contributed by atoms with Crippen LogP contribution >= 0.6 is 8.60 Å². The molecule has 0 spiro atoms. The number of nitrogens with one attached hydrogen (secondary N) is 3. The van der Waals surface area contributed by atoms with E-state index in [9.17, 15) is 29.5 Å². The third kappa shape index (κ3) is 6.71. The minimum atomic E-state index is -2.88. The SMILES string of the molecule is CC(C)C(=O)Nc1nc2c(ncn2[C@@H]2O[C@H](CO)[C@H](F)[C@H]2OP(O)OC[C@@]23CO[C@@H]([C@H](n4cnc5c(NC(=O)c6ccccc6)ncnc54)O2)[C@@H]3CO)c(=O)[nH]1. The van der Waals surface area contributed by atoms with E-state index in [0.29, 0.717) is 11.2 Å². The molecule has 5 aromatic rings. The summed E-state index contributed by atoms with van der Waals surface area (Å²) in [5.41, 5.74) is -1.23. The van der Waals surface area contributed by atoms with Gasteiger partial charge >= 0.3 is 8.60 Å². The molecular formula is C33H36FN10O11P. The number of nitrogens with zero attached hydrogens (tertiary/aromatic N) is 7.